The molecule has 0 spiro atoms. The highest BCUT2D eigenvalue weighted by Gasteiger charge is 2.21. The predicted molar refractivity (Wildman–Crippen MR) is 71.6 cm³/mol. The van der Waals surface area contributed by atoms with Gasteiger partial charge in [0.1, 0.15) is 5.75 Å². The minimum Gasteiger partial charge on any atom is -0.493 e. The molecular formula is C15H23NO. The van der Waals surface area contributed by atoms with E-state index >= 15 is 0 Å². The Kier molecular flexibility index (Phi) is 4.43. The quantitative estimate of drug-likeness (QED) is 0.841. The SMILES string of the molecule is CCCOc1cccc2c1CCCC2NCC. The molecule has 1 aromatic carbocycles. The maximum absolute atomic E-state index is 5.85. The Morgan fingerprint density at radius 3 is 3.00 bits per heavy atom. The molecule has 0 saturated heterocycles. The number of ether oxygens (including phenoxy) is 1. The van der Waals surface area contributed by atoms with E-state index in [-0.39, 0.29) is 0 Å². The Morgan fingerprint density at radius 1 is 1.35 bits per heavy atom. The molecule has 1 aliphatic rings. The highest BCUT2D eigenvalue weighted by atomic mass is 16.5. The summed E-state index contributed by atoms with van der Waals surface area (Å²) in [7, 11) is 0. The Bertz CT molecular complexity index is 362. The number of rotatable bonds is 5. The molecule has 0 radical (unpaired) electrons. The topological polar surface area (TPSA) is 21.3 Å². The molecule has 0 aromatic heterocycles. The molecule has 1 N–H and O–H groups in total. The Labute approximate surface area is 104 Å². The van der Waals surface area contributed by atoms with Crippen LogP contribution in [0.3, 0.4) is 0 Å². The molecule has 0 fully saturated rings. The lowest BCUT2D eigenvalue weighted by Gasteiger charge is -2.27. The number of hydrogen-bond donors (Lipinski definition) is 1. The van der Waals surface area contributed by atoms with Crippen molar-refractivity contribution in [2.45, 2.75) is 45.6 Å². The lowest BCUT2D eigenvalue weighted by Crippen LogP contribution is -2.25. The summed E-state index contributed by atoms with van der Waals surface area (Å²) < 4.78 is 5.85. The van der Waals surface area contributed by atoms with E-state index in [1.54, 1.807) is 0 Å². The molecule has 1 aliphatic carbocycles. The number of benzene rings is 1. The monoisotopic (exact) mass is 233 g/mol. The molecular weight excluding hydrogens is 210 g/mol. The van der Waals surface area contributed by atoms with Crippen LogP contribution in [-0.4, -0.2) is 13.2 Å². The first-order valence-electron chi connectivity index (χ1n) is 6.84. The molecule has 94 valence electrons. The molecule has 1 unspecified atom stereocenters. The van der Waals surface area contributed by atoms with Crippen molar-refractivity contribution in [3.8, 4) is 5.75 Å². The van der Waals surface area contributed by atoms with Crippen molar-refractivity contribution >= 4 is 0 Å². The summed E-state index contributed by atoms with van der Waals surface area (Å²) in [6.07, 6.45) is 4.74. The maximum Gasteiger partial charge on any atom is 0.122 e. The van der Waals surface area contributed by atoms with Crippen LogP contribution in [0.15, 0.2) is 18.2 Å². The fraction of sp³-hybridized carbons (Fsp3) is 0.600. The maximum atomic E-state index is 5.85. The minimum absolute atomic E-state index is 0.522. The van der Waals surface area contributed by atoms with Crippen molar-refractivity contribution in [3.63, 3.8) is 0 Å². The van der Waals surface area contributed by atoms with Crippen molar-refractivity contribution in [2.24, 2.45) is 0 Å². The molecule has 1 atom stereocenters. The third kappa shape index (κ3) is 2.81. The van der Waals surface area contributed by atoms with E-state index in [4.69, 9.17) is 4.74 Å². The van der Waals surface area contributed by atoms with Crippen LogP contribution < -0.4 is 10.1 Å². The van der Waals surface area contributed by atoms with Crippen molar-refractivity contribution in [1.29, 1.82) is 0 Å². The second-order valence-corrected chi connectivity index (χ2v) is 4.67. The normalized spacial score (nSPS) is 18.8. The highest BCUT2D eigenvalue weighted by molar-refractivity contribution is 5.43. The lowest BCUT2D eigenvalue weighted by molar-refractivity contribution is 0.310. The van der Waals surface area contributed by atoms with Gasteiger partial charge in [-0.3, -0.25) is 0 Å². The molecule has 2 nitrogen and oxygen atoms in total. The van der Waals surface area contributed by atoms with Gasteiger partial charge in [-0.2, -0.15) is 0 Å². The largest absolute Gasteiger partial charge is 0.493 e. The molecule has 0 saturated carbocycles. The smallest absolute Gasteiger partial charge is 0.122 e. The zero-order chi connectivity index (χ0) is 12.1. The van der Waals surface area contributed by atoms with Gasteiger partial charge in [-0.1, -0.05) is 26.0 Å². The summed E-state index contributed by atoms with van der Waals surface area (Å²) >= 11 is 0. The van der Waals surface area contributed by atoms with Gasteiger partial charge in [-0.25, -0.2) is 0 Å². The molecule has 17 heavy (non-hydrogen) atoms. The van der Waals surface area contributed by atoms with Gasteiger partial charge >= 0.3 is 0 Å². The molecule has 2 heteroatoms. The van der Waals surface area contributed by atoms with E-state index < -0.39 is 0 Å². The second-order valence-electron chi connectivity index (χ2n) is 4.67. The molecule has 0 aliphatic heterocycles. The van der Waals surface area contributed by atoms with Crippen LogP contribution in [0.2, 0.25) is 0 Å². The summed E-state index contributed by atoms with van der Waals surface area (Å²) in [5.74, 6) is 1.10. The van der Waals surface area contributed by atoms with Crippen LogP contribution in [0.25, 0.3) is 0 Å². The summed E-state index contributed by atoms with van der Waals surface area (Å²) in [5, 5.41) is 3.57. The first kappa shape index (κ1) is 12.4. The standard InChI is InChI=1S/C15H23NO/c1-3-11-17-15-10-6-7-12-13(15)8-5-9-14(12)16-4-2/h6-7,10,14,16H,3-5,8-9,11H2,1-2H3. The summed E-state index contributed by atoms with van der Waals surface area (Å²) in [5.41, 5.74) is 2.88. The number of nitrogens with one attached hydrogen (secondary N) is 1. The van der Waals surface area contributed by atoms with Crippen molar-refractivity contribution < 1.29 is 4.74 Å². The molecule has 1 aromatic rings. The average molecular weight is 233 g/mol. The lowest BCUT2D eigenvalue weighted by atomic mass is 9.87. The van der Waals surface area contributed by atoms with Crippen LogP contribution in [0, 0.1) is 0 Å². The van der Waals surface area contributed by atoms with Crippen molar-refractivity contribution in [3.05, 3.63) is 29.3 Å². The van der Waals surface area contributed by atoms with E-state index in [0.29, 0.717) is 6.04 Å². The van der Waals surface area contributed by atoms with E-state index in [2.05, 4.69) is 37.4 Å². The van der Waals surface area contributed by atoms with E-state index in [0.717, 1.165) is 31.7 Å². The average Bonchev–Trinajstić information content (AvgIpc) is 2.37. The van der Waals surface area contributed by atoms with Crippen LogP contribution >= 0.6 is 0 Å². The zero-order valence-electron chi connectivity index (χ0n) is 11.0. The van der Waals surface area contributed by atoms with Gasteiger partial charge in [-0.05, 0) is 49.4 Å². The van der Waals surface area contributed by atoms with Crippen molar-refractivity contribution in [2.75, 3.05) is 13.2 Å². The van der Waals surface area contributed by atoms with E-state index in [1.165, 1.54) is 24.0 Å². The van der Waals surface area contributed by atoms with Gasteiger partial charge in [0.25, 0.3) is 0 Å². The van der Waals surface area contributed by atoms with Crippen LogP contribution in [-0.2, 0) is 6.42 Å². The Balaban J connectivity index is 2.23. The number of hydrogen-bond acceptors (Lipinski definition) is 2. The van der Waals surface area contributed by atoms with E-state index in [1.807, 2.05) is 0 Å². The first-order chi connectivity index (χ1) is 8.36. The number of fused-ring (bicyclic) bond motifs is 1. The molecule has 0 bridgehead atoms. The molecule has 2 rings (SSSR count). The third-order valence-electron chi connectivity index (χ3n) is 3.38. The Morgan fingerprint density at radius 2 is 2.24 bits per heavy atom. The zero-order valence-corrected chi connectivity index (χ0v) is 11.0. The van der Waals surface area contributed by atoms with Gasteiger partial charge in [-0.15, -0.1) is 0 Å². The van der Waals surface area contributed by atoms with Crippen LogP contribution in [0.5, 0.6) is 5.75 Å². The van der Waals surface area contributed by atoms with Gasteiger partial charge in [0.2, 0.25) is 0 Å². The first-order valence-corrected chi connectivity index (χ1v) is 6.84. The molecule has 0 heterocycles. The fourth-order valence-corrected chi connectivity index (χ4v) is 2.62. The fourth-order valence-electron chi connectivity index (χ4n) is 2.62. The summed E-state index contributed by atoms with van der Waals surface area (Å²) in [6.45, 7) is 6.18. The predicted octanol–water partition coefficient (Wildman–Crippen LogP) is 3.46. The Hall–Kier alpha value is -1.02. The summed E-state index contributed by atoms with van der Waals surface area (Å²) in [6, 6.07) is 7.01. The highest BCUT2D eigenvalue weighted by Crippen LogP contribution is 2.35. The third-order valence-corrected chi connectivity index (χ3v) is 3.38. The second kappa shape index (κ2) is 6.06. The van der Waals surface area contributed by atoms with Gasteiger partial charge in [0.05, 0.1) is 6.61 Å². The van der Waals surface area contributed by atoms with Gasteiger partial charge in [0, 0.05) is 6.04 Å². The van der Waals surface area contributed by atoms with Crippen LogP contribution in [0.1, 0.15) is 50.3 Å². The minimum atomic E-state index is 0.522. The summed E-state index contributed by atoms with van der Waals surface area (Å²) in [4.78, 5) is 0. The molecule has 0 amide bonds. The van der Waals surface area contributed by atoms with Crippen molar-refractivity contribution in [1.82, 2.24) is 5.32 Å². The van der Waals surface area contributed by atoms with Gasteiger partial charge in [0.15, 0.2) is 0 Å². The van der Waals surface area contributed by atoms with E-state index in [9.17, 15) is 0 Å². The van der Waals surface area contributed by atoms with Crippen LogP contribution in [0.4, 0.5) is 0 Å². The van der Waals surface area contributed by atoms with Gasteiger partial charge < -0.3 is 10.1 Å².